The largest absolute Gasteiger partial charge is 0.481 e. The molecular formula is C21H16ClNO3. The maximum absolute atomic E-state index is 12.4. The van der Waals surface area contributed by atoms with Gasteiger partial charge in [-0.1, -0.05) is 29.8 Å². The van der Waals surface area contributed by atoms with Gasteiger partial charge in [0.05, 0.1) is 0 Å². The molecule has 4 rings (SSSR count). The Morgan fingerprint density at radius 3 is 2.54 bits per heavy atom. The summed E-state index contributed by atoms with van der Waals surface area (Å²) in [6.07, 6.45) is -0.650. The number of amides is 1. The highest BCUT2D eigenvalue weighted by Gasteiger charge is 2.16. The number of hydrogen-bond acceptors (Lipinski definition) is 3. The SMILES string of the molecule is C[C@@H](Oc1ccc(Cl)cc1)C(=O)Nc1ccc2c(c1)oc1ccccc12. The highest BCUT2D eigenvalue weighted by molar-refractivity contribution is 6.30. The summed E-state index contributed by atoms with van der Waals surface area (Å²) in [7, 11) is 0. The summed E-state index contributed by atoms with van der Waals surface area (Å²) >= 11 is 5.85. The predicted octanol–water partition coefficient (Wildman–Crippen LogP) is 5.65. The van der Waals surface area contributed by atoms with E-state index in [-0.39, 0.29) is 5.91 Å². The van der Waals surface area contributed by atoms with E-state index in [2.05, 4.69) is 5.32 Å². The fourth-order valence-corrected chi connectivity index (χ4v) is 2.94. The summed E-state index contributed by atoms with van der Waals surface area (Å²) in [5, 5.41) is 5.55. The van der Waals surface area contributed by atoms with Gasteiger partial charge in [-0.15, -0.1) is 0 Å². The van der Waals surface area contributed by atoms with Crippen molar-refractivity contribution in [2.24, 2.45) is 0 Å². The molecular weight excluding hydrogens is 350 g/mol. The number of nitrogens with one attached hydrogen (secondary N) is 1. The molecule has 5 heteroatoms. The van der Waals surface area contributed by atoms with Crippen LogP contribution in [-0.4, -0.2) is 12.0 Å². The van der Waals surface area contributed by atoms with Gasteiger partial charge in [-0.3, -0.25) is 4.79 Å². The Morgan fingerprint density at radius 1 is 1.00 bits per heavy atom. The lowest BCUT2D eigenvalue weighted by Crippen LogP contribution is -2.30. The van der Waals surface area contributed by atoms with Gasteiger partial charge in [0.1, 0.15) is 16.9 Å². The lowest BCUT2D eigenvalue weighted by atomic mass is 10.1. The van der Waals surface area contributed by atoms with Crippen LogP contribution >= 0.6 is 11.6 Å². The minimum Gasteiger partial charge on any atom is -0.481 e. The minimum atomic E-state index is -0.650. The van der Waals surface area contributed by atoms with Gasteiger partial charge in [-0.2, -0.15) is 0 Å². The van der Waals surface area contributed by atoms with Crippen LogP contribution in [0, 0.1) is 0 Å². The van der Waals surface area contributed by atoms with E-state index in [9.17, 15) is 4.79 Å². The molecule has 0 unspecified atom stereocenters. The molecule has 0 fully saturated rings. The maximum Gasteiger partial charge on any atom is 0.265 e. The van der Waals surface area contributed by atoms with Crippen molar-refractivity contribution in [3.8, 4) is 5.75 Å². The summed E-state index contributed by atoms with van der Waals surface area (Å²) in [6, 6.07) is 20.4. The molecule has 1 atom stereocenters. The van der Waals surface area contributed by atoms with E-state index in [1.165, 1.54) is 0 Å². The number of carbonyl (C=O) groups is 1. The van der Waals surface area contributed by atoms with Crippen LogP contribution in [0.5, 0.6) is 5.75 Å². The molecule has 0 saturated heterocycles. The molecule has 0 bridgehead atoms. The first kappa shape index (κ1) is 16.5. The zero-order chi connectivity index (χ0) is 18.1. The topological polar surface area (TPSA) is 51.5 Å². The van der Waals surface area contributed by atoms with Gasteiger partial charge in [0.25, 0.3) is 5.91 Å². The highest BCUT2D eigenvalue weighted by Crippen LogP contribution is 2.30. The van der Waals surface area contributed by atoms with Gasteiger partial charge >= 0.3 is 0 Å². The van der Waals surface area contributed by atoms with Crippen LogP contribution in [0.2, 0.25) is 5.02 Å². The number of fused-ring (bicyclic) bond motifs is 3. The van der Waals surface area contributed by atoms with Crippen molar-refractivity contribution in [1.29, 1.82) is 0 Å². The zero-order valence-electron chi connectivity index (χ0n) is 14.0. The Bertz CT molecular complexity index is 1090. The van der Waals surface area contributed by atoms with Crippen molar-refractivity contribution < 1.29 is 13.9 Å². The van der Waals surface area contributed by atoms with Crippen molar-refractivity contribution in [3.63, 3.8) is 0 Å². The number of ether oxygens (including phenoxy) is 1. The number of halogens is 1. The quantitative estimate of drug-likeness (QED) is 0.508. The normalized spacial score (nSPS) is 12.2. The molecule has 3 aromatic carbocycles. The number of carbonyl (C=O) groups excluding carboxylic acids is 1. The number of furan rings is 1. The van der Waals surface area contributed by atoms with Crippen molar-refractivity contribution >= 4 is 45.1 Å². The molecule has 4 aromatic rings. The molecule has 0 aliphatic carbocycles. The average Bonchev–Trinajstić information content (AvgIpc) is 3.01. The second-order valence-corrected chi connectivity index (χ2v) is 6.45. The third kappa shape index (κ3) is 3.24. The van der Waals surface area contributed by atoms with E-state index in [1.807, 2.05) is 42.5 Å². The Labute approximate surface area is 155 Å². The first-order valence-corrected chi connectivity index (χ1v) is 8.62. The Morgan fingerprint density at radius 2 is 1.73 bits per heavy atom. The maximum atomic E-state index is 12.4. The molecule has 26 heavy (non-hydrogen) atoms. The fourth-order valence-electron chi connectivity index (χ4n) is 2.82. The number of rotatable bonds is 4. The van der Waals surface area contributed by atoms with Crippen LogP contribution in [0.3, 0.4) is 0 Å². The summed E-state index contributed by atoms with van der Waals surface area (Å²) < 4.78 is 11.5. The number of anilines is 1. The first-order valence-electron chi connectivity index (χ1n) is 8.24. The van der Waals surface area contributed by atoms with Crippen LogP contribution in [0.4, 0.5) is 5.69 Å². The van der Waals surface area contributed by atoms with Gasteiger partial charge in [-0.25, -0.2) is 0 Å². The summed E-state index contributed by atoms with van der Waals surface area (Å²) in [4.78, 5) is 12.4. The highest BCUT2D eigenvalue weighted by atomic mass is 35.5. The summed E-state index contributed by atoms with van der Waals surface area (Å²) in [6.45, 7) is 1.70. The molecule has 1 aromatic heterocycles. The molecule has 1 N–H and O–H groups in total. The van der Waals surface area contributed by atoms with E-state index in [0.717, 1.165) is 21.9 Å². The third-order valence-corrected chi connectivity index (χ3v) is 4.39. The van der Waals surface area contributed by atoms with Crippen molar-refractivity contribution in [3.05, 3.63) is 71.8 Å². The van der Waals surface area contributed by atoms with Crippen molar-refractivity contribution in [2.45, 2.75) is 13.0 Å². The molecule has 0 saturated carbocycles. The number of para-hydroxylation sites is 1. The molecule has 1 heterocycles. The van der Waals surface area contributed by atoms with Crippen LogP contribution in [0.25, 0.3) is 21.9 Å². The average molecular weight is 366 g/mol. The van der Waals surface area contributed by atoms with Gasteiger partial charge in [0.15, 0.2) is 6.10 Å². The molecule has 0 aliphatic heterocycles. The Hall–Kier alpha value is -2.98. The summed E-state index contributed by atoms with van der Waals surface area (Å²) in [5.74, 6) is 0.347. The number of benzene rings is 3. The van der Waals surface area contributed by atoms with E-state index < -0.39 is 6.10 Å². The predicted molar refractivity (Wildman–Crippen MR) is 104 cm³/mol. The fraction of sp³-hybridized carbons (Fsp3) is 0.0952. The number of hydrogen-bond donors (Lipinski definition) is 1. The van der Waals surface area contributed by atoms with Crippen LogP contribution in [0.1, 0.15) is 6.92 Å². The summed E-state index contributed by atoms with van der Waals surface area (Å²) in [5.41, 5.74) is 2.22. The smallest absolute Gasteiger partial charge is 0.265 e. The van der Waals surface area contributed by atoms with Gasteiger partial charge in [0, 0.05) is 27.5 Å². The standard InChI is InChI=1S/C21H16ClNO3/c1-13(25-16-9-6-14(22)7-10-16)21(24)23-15-8-11-18-17-4-2-3-5-19(17)26-20(18)12-15/h2-13H,1H3,(H,23,24)/t13-/m1/s1. The van der Waals surface area contributed by atoms with Gasteiger partial charge in [-0.05, 0) is 49.4 Å². The van der Waals surface area contributed by atoms with Crippen molar-refractivity contribution in [2.75, 3.05) is 5.32 Å². The van der Waals surface area contributed by atoms with E-state index >= 15 is 0 Å². The second-order valence-electron chi connectivity index (χ2n) is 6.01. The lowest BCUT2D eigenvalue weighted by Gasteiger charge is -2.14. The third-order valence-electron chi connectivity index (χ3n) is 4.14. The Kier molecular flexibility index (Phi) is 4.27. The van der Waals surface area contributed by atoms with Gasteiger partial charge < -0.3 is 14.5 Å². The minimum absolute atomic E-state index is 0.240. The van der Waals surface area contributed by atoms with Crippen LogP contribution in [-0.2, 0) is 4.79 Å². The van der Waals surface area contributed by atoms with E-state index in [1.54, 1.807) is 31.2 Å². The van der Waals surface area contributed by atoms with Crippen LogP contribution in [0.15, 0.2) is 71.1 Å². The second kappa shape index (κ2) is 6.73. The molecule has 4 nitrogen and oxygen atoms in total. The van der Waals surface area contributed by atoms with E-state index in [0.29, 0.717) is 16.5 Å². The molecule has 0 spiro atoms. The monoisotopic (exact) mass is 365 g/mol. The molecule has 1 amide bonds. The molecule has 0 aliphatic rings. The van der Waals surface area contributed by atoms with Crippen molar-refractivity contribution in [1.82, 2.24) is 0 Å². The Balaban J connectivity index is 1.51. The zero-order valence-corrected chi connectivity index (χ0v) is 14.8. The van der Waals surface area contributed by atoms with E-state index in [4.69, 9.17) is 20.8 Å². The van der Waals surface area contributed by atoms with Gasteiger partial charge in [0.2, 0.25) is 0 Å². The first-order chi connectivity index (χ1) is 12.6. The lowest BCUT2D eigenvalue weighted by molar-refractivity contribution is -0.122. The molecule has 130 valence electrons. The molecule has 0 radical (unpaired) electrons. The van der Waals surface area contributed by atoms with Crippen LogP contribution < -0.4 is 10.1 Å².